The summed E-state index contributed by atoms with van der Waals surface area (Å²) >= 11 is 12.3. The third-order valence-corrected chi connectivity index (χ3v) is 8.58. The van der Waals surface area contributed by atoms with Crippen LogP contribution in [0.4, 0.5) is 11.4 Å². The number of carbonyl (C=O) groups excluding carboxylic acids is 2. The number of sulfonamides is 1. The first-order valence-electron chi connectivity index (χ1n) is 12.4. The van der Waals surface area contributed by atoms with Crippen molar-refractivity contribution in [1.82, 2.24) is 4.90 Å². The lowest BCUT2D eigenvalue weighted by atomic mass is 10.1. The second kappa shape index (κ2) is 12.2. The number of halogens is 2. The maximum Gasteiger partial charge on any atom is 0.264 e. The number of nitrogens with zero attached hydrogens (tertiary/aromatic N) is 2. The van der Waals surface area contributed by atoms with Crippen LogP contribution in [0.5, 0.6) is 0 Å². The SMILES string of the molecule is Cc1ccc(S(=O)(=O)N(CC(=O)Nc2ccccc2C(=O)N2CCCCCC2)c2cc(Cl)cc(Cl)c2)cc1. The van der Waals surface area contributed by atoms with Crippen LogP contribution >= 0.6 is 23.2 Å². The summed E-state index contributed by atoms with van der Waals surface area (Å²) in [5.74, 6) is -0.776. The number of rotatable bonds is 7. The predicted molar refractivity (Wildman–Crippen MR) is 152 cm³/mol. The van der Waals surface area contributed by atoms with Crippen molar-refractivity contribution in [2.45, 2.75) is 37.5 Å². The maximum atomic E-state index is 13.7. The summed E-state index contributed by atoms with van der Waals surface area (Å²) in [6.45, 7) is 2.63. The Morgan fingerprint density at radius 2 is 1.50 bits per heavy atom. The number of aryl methyl sites for hydroxylation is 1. The molecule has 10 heteroatoms. The minimum Gasteiger partial charge on any atom is -0.339 e. The Morgan fingerprint density at radius 3 is 2.13 bits per heavy atom. The van der Waals surface area contributed by atoms with Crippen molar-refractivity contribution in [3.05, 3.63) is 87.9 Å². The van der Waals surface area contributed by atoms with E-state index >= 15 is 0 Å². The minimum absolute atomic E-state index is 0.0174. The Balaban J connectivity index is 1.63. The largest absolute Gasteiger partial charge is 0.339 e. The predicted octanol–water partition coefficient (Wildman–Crippen LogP) is 6.15. The molecule has 1 aliphatic rings. The van der Waals surface area contributed by atoms with Gasteiger partial charge >= 0.3 is 0 Å². The molecule has 1 heterocycles. The van der Waals surface area contributed by atoms with E-state index in [9.17, 15) is 18.0 Å². The number of benzene rings is 3. The first-order valence-corrected chi connectivity index (χ1v) is 14.6. The molecule has 0 atom stereocenters. The normalized spacial score (nSPS) is 14.0. The number of hydrogen-bond acceptors (Lipinski definition) is 4. The van der Waals surface area contributed by atoms with Gasteiger partial charge in [-0.15, -0.1) is 0 Å². The van der Waals surface area contributed by atoms with Gasteiger partial charge in [0.15, 0.2) is 0 Å². The van der Waals surface area contributed by atoms with Crippen LogP contribution < -0.4 is 9.62 Å². The molecule has 1 fully saturated rings. The smallest absolute Gasteiger partial charge is 0.264 e. The summed E-state index contributed by atoms with van der Waals surface area (Å²) in [7, 11) is -4.16. The fourth-order valence-corrected chi connectivity index (χ4v) is 6.30. The van der Waals surface area contributed by atoms with Crippen LogP contribution in [0.15, 0.2) is 71.6 Å². The number of amides is 2. The zero-order valence-electron chi connectivity index (χ0n) is 21.0. The molecule has 200 valence electrons. The number of anilines is 2. The molecule has 2 amide bonds. The average Bonchev–Trinajstić information content (AvgIpc) is 3.16. The minimum atomic E-state index is -4.16. The Kier molecular flexibility index (Phi) is 8.97. The topological polar surface area (TPSA) is 86.8 Å². The Bertz CT molecular complexity index is 1400. The van der Waals surface area contributed by atoms with Crippen molar-refractivity contribution in [3.8, 4) is 0 Å². The zero-order chi connectivity index (χ0) is 27.3. The van der Waals surface area contributed by atoms with Gasteiger partial charge in [0, 0.05) is 23.1 Å². The van der Waals surface area contributed by atoms with Gasteiger partial charge in [-0.05, 0) is 62.2 Å². The highest BCUT2D eigenvalue weighted by molar-refractivity contribution is 7.92. The third kappa shape index (κ3) is 6.67. The Labute approximate surface area is 233 Å². The lowest BCUT2D eigenvalue weighted by molar-refractivity contribution is -0.114. The van der Waals surface area contributed by atoms with Crippen LogP contribution in [-0.2, 0) is 14.8 Å². The van der Waals surface area contributed by atoms with Crippen molar-refractivity contribution in [2.24, 2.45) is 0 Å². The van der Waals surface area contributed by atoms with E-state index < -0.39 is 22.5 Å². The van der Waals surface area contributed by atoms with Gasteiger partial charge in [-0.1, -0.05) is 65.9 Å². The summed E-state index contributed by atoms with van der Waals surface area (Å²) < 4.78 is 28.3. The standard InChI is InChI=1S/C28H29Cl2N3O4S/c1-20-10-12-24(13-11-20)38(36,37)33(23-17-21(29)16-22(30)18-23)19-27(34)31-26-9-5-4-8-25(26)28(35)32-14-6-2-3-7-15-32/h4-5,8-13,16-18H,2-3,6-7,14-15,19H2,1H3,(H,31,34). The van der Waals surface area contributed by atoms with E-state index in [2.05, 4.69) is 5.32 Å². The number of likely N-dealkylation sites (tertiary alicyclic amines) is 1. The molecule has 3 aromatic carbocycles. The summed E-state index contributed by atoms with van der Waals surface area (Å²) in [4.78, 5) is 28.4. The van der Waals surface area contributed by atoms with Crippen LogP contribution in [0.25, 0.3) is 0 Å². The van der Waals surface area contributed by atoms with Crippen LogP contribution in [0, 0.1) is 6.92 Å². The van der Waals surface area contributed by atoms with Gasteiger partial charge in [0.05, 0.1) is 21.8 Å². The molecular formula is C28H29Cl2N3O4S. The highest BCUT2D eigenvalue weighted by atomic mass is 35.5. The van der Waals surface area contributed by atoms with Gasteiger partial charge < -0.3 is 10.2 Å². The molecule has 4 rings (SSSR count). The van der Waals surface area contributed by atoms with E-state index in [0.29, 0.717) is 24.3 Å². The average molecular weight is 575 g/mol. The fourth-order valence-electron chi connectivity index (χ4n) is 4.38. The molecule has 0 spiro atoms. The van der Waals surface area contributed by atoms with E-state index in [1.807, 2.05) is 6.92 Å². The number of nitrogens with one attached hydrogen (secondary N) is 1. The van der Waals surface area contributed by atoms with Crippen molar-refractivity contribution < 1.29 is 18.0 Å². The van der Waals surface area contributed by atoms with Crippen molar-refractivity contribution >= 4 is 56.4 Å². The molecule has 3 aromatic rings. The van der Waals surface area contributed by atoms with E-state index in [-0.39, 0.29) is 26.5 Å². The van der Waals surface area contributed by atoms with Crippen molar-refractivity contribution in [1.29, 1.82) is 0 Å². The third-order valence-electron chi connectivity index (χ3n) is 6.36. The molecule has 0 bridgehead atoms. The van der Waals surface area contributed by atoms with Crippen molar-refractivity contribution in [3.63, 3.8) is 0 Å². The summed E-state index contributed by atoms with van der Waals surface area (Å²) in [5, 5.41) is 3.20. The molecule has 1 aliphatic heterocycles. The van der Waals surface area contributed by atoms with Gasteiger partial charge in [-0.25, -0.2) is 8.42 Å². The first-order chi connectivity index (χ1) is 18.1. The van der Waals surface area contributed by atoms with E-state index in [4.69, 9.17) is 23.2 Å². The van der Waals surface area contributed by atoms with Gasteiger partial charge in [-0.3, -0.25) is 13.9 Å². The second-order valence-electron chi connectivity index (χ2n) is 9.25. The molecule has 1 saturated heterocycles. The molecule has 0 saturated carbocycles. The summed E-state index contributed by atoms with van der Waals surface area (Å²) in [5.41, 5.74) is 1.72. The molecule has 0 unspecified atom stereocenters. The second-order valence-corrected chi connectivity index (χ2v) is 12.0. The van der Waals surface area contributed by atoms with Gasteiger partial charge in [0.1, 0.15) is 6.54 Å². The lowest BCUT2D eigenvalue weighted by Gasteiger charge is -2.25. The lowest BCUT2D eigenvalue weighted by Crippen LogP contribution is -2.38. The monoisotopic (exact) mass is 573 g/mol. The van der Waals surface area contributed by atoms with E-state index in [1.54, 1.807) is 41.3 Å². The molecule has 0 radical (unpaired) electrons. The quantitative estimate of drug-likeness (QED) is 0.367. The first kappa shape index (κ1) is 28.0. The Morgan fingerprint density at radius 1 is 0.895 bits per heavy atom. The highest BCUT2D eigenvalue weighted by Gasteiger charge is 2.29. The van der Waals surface area contributed by atoms with Crippen LogP contribution in [0.1, 0.15) is 41.6 Å². The fraction of sp³-hybridized carbons (Fsp3) is 0.286. The molecule has 0 aromatic heterocycles. The van der Waals surface area contributed by atoms with E-state index in [1.165, 1.54) is 30.3 Å². The molecular weight excluding hydrogens is 545 g/mol. The molecule has 1 N–H and O–H groups in total. The van der Waals surface area contributed by atoms with Crippen molar-refractivity contribution in [2.75, 3.05) is 29.3 Å². The van der Waals surface area contributed by atoms with Gasteiger partial charge in [0.25, 0.3) is 15.9 Å². The molecule has 38 heavy (non-hydrogen) atoms. The van der Waals surface area contributed by atoms with E-state index in [0.717, 1.165) is 35.6 Å². The van der Waals surface area contributed by atoms with Gasteiger partial charge in [0.2, 0.25) is 5.91 Å². The zero-order valence-corrected chi connectivity index (χ0v) is 23.3. The Hall–Kier alpha value is -3.07. The maximum absolute atomic E-state index is 13.7. The molecule has 0 aliphatic carbocycles. The summed E-state index contributed by atoms with van der Waals surface area (Å²) in [6, 6.07) is 17.4. The van der Waals surface area contributed by atoms with Crippen LogP contribution in [0.3, 0.4) is 0 Å². The molecule has 7 nitrogen and oxygen atoms in total. The van der Waals surface area contributed by atoms with Gasteiger partial charge in [-0.2, -0.15) is 0 Å². The summed E-state index contributed by atoms with van der Waals surface area (Å²) in [6.07, 6.45) is 4.05. The number of para-hydroxylation sites is 1. The number of hydrogen-bond donors (Lipinski definition) is 1. The van der Waals surface area contributed by atoms with Crippen LogP contribution in [-0.4, -0.2) is 44.8 Å². The number of carbonyl (C=O) groups is 2. The highest BCUT2D eigenvalue weighted by Crippen LogP contribution is 2.30. The van der Waals surface area contributed by atoms with Crippen LogP contribution in [0.2, 0.25) is 10.0 Å².